The predicted octanol–water partition coefficient (Wildman–Crippen LogP) is 2.79. The van der Waals surface area contributed by atoms with Crippen molar-refractivity contribution in [2.45, 2.75) is 19.8 Å². The van der Waals surface area contributed by atoms with Gasteiger partial charge in [-0.1, -0.05) is 15.9 Å². The topological polar surface area (TPSA) is 43.4 Å². The summed E-state index contributed by atoms with van der Waals surface area (Å²) in [6, 6.07) is 2.13. The van der Waals surface area contributed by atoms with Gasteiger partial charge in [0.15, 0.2) is 0 Å². The molecule has 3 nitrogen and oxygen atoms in total. The first-order chi connectivity index (χ1) is 8.43. The van der Waals surface area contributed by atoms with Gasteiger partial charge in [0.1, 0.15) is 23.8 Å². The van der Waals surface area contributed by atoms with Crippen molar-refractivity contribution < 1.29 is 23.1 Å². The molecule has 0 heterocycles. The number of Topliss-reactive ketones (excluding diaryl/α,β-unsaturated/α-hetero) is 1. The van der Waals surface area contributed by atoms with Crippen molar-refractivity contribution in [1.29, 1.82) is 0 Å². The highest BCUT2D eigenvalue weighted by atomic mass is 79.9. The fourth-order valence-corrected chi connectivity index (χ4v) is 1.78. The van der Waals surface area contributed by atoms with Gasteiger partial charge < -0.3 is 4.74 Å². The summed E-state index contributed by atoms with van der Waals surface area (Å²) in [6.45, 7) is 1.77. The molecule has 6 heteroatoms. The molecule has 0 saturated heterocycles. The number of hydrogen-bond acceptors (Lipinski definition) is 3. The van der Waals surface area contributed by atoms with Crippen LogP contribution in [0.25, 0.3) is 0 Å². The van der Waals surface area contributed by atoms with Crippen LogP contribution in [0.4, 0.5) is 8.78 Å². The Morgan fingerprint density at radius 1 is 1.28 bits per heavy atom. The molecule has 1 aromatic rings. The van der Waals surface area contributed by atoms with E-state index < -0.39 is 36.2 Å². The molecular formula is C12H11BrF2O3. The lowest BCUT2D eigenvalue weighted by molar-refractivity contribution is -0.145. The number of ether oxygens (including phenoxy) is 1. The molecule has 0 atom stereocenters. The van der Waals surface area contributed by atoms with E-state index in [0.717, 1.165) is 12.1 Å². The van der Waals surface area contributed by atoms with E-state index in [0.29, 0.717) is 0 Å². The highest BCUT2D eigenvalue weighted by Crippen LogP contribution is 2.20. The van der Waals surface area contributed by atoms with Crippen LogP contribution in [-0.4, -0.2) is 18.4 Å². The standard InChI is InChI=1S/C12H11BrF2O3/c1-2-18-12(17)6-8(16)5-9-10(14)3-7(13)4-11(9)15/h3-4H,2,5-6H2,1H3. The minimum atomic E-state index is -0.820. The molecule has 0 unspecified atom stereocenters. The Labute approximate surface area is 111 Å². The van der Waals surface area contributed by atoms with Gasteiger partial charge in [0.2, 0.25) is 0 Å². The molecule has 0 fully saturated rings. The zero-order valence-corrected chi connectivity index (χ0v) is 11.2. The molecule has 0 amide bonds. The Kier molecular flexibility index (Phi) is 5.40. The maximum atomic E-state index is 13.4. The minimum absolute atomic E-state index is 0.160. The molecular weight excluding hydrogens is 310 g/mol. The van der Waals surface area contributed by atoms with E-state index in [4.69, 9.17) is 0 Å². The lowest BCUT2D eigenvalue weighted by atomic mass is 10.1. The normalized spacial score (nSPS) is 10.2. The molecule has 1 aromatic carbocycles. The van der Waals surface area contributed by atoms with E-state index in [-0.39, 0.29) is 16.6 Å². The molecule has 1 rings (SSSR count). The molecule has 0 bridgehead atoms. The third-order valence-corrected chi connectivity index (χ3v) is 2.58. The molecule has 0 aliphatic rings. The average molecular weight is 321 g/mol. The van der Waals surface area contributed by atoms with Gasteiger partial charge in [-0.25, -0.2) is 8.78 Å². The Bertz CT molecular complexity index is 451. The second-order valence-corrected chi connectivity index (χ2v) is 4.46. The summed E-state index contributed by atoms with van der Waals surface area (Å²) in [6.07, 6.45) is -0.952. The lowest BCUT2D eigenvalue weighted by Crippen LogP contribution is -2.14. The summed E-state index contributed by atoms with van der Waals surface area (Å²) < 4.78 is 31.7. The largest absolute Gasteiger partial charge is 0.466 e. The summed E-state index contributed by atoms with van der Waals surface area (Å²) >= 11 is 2.94. The van der Waals surface area contributed by atoms with Crippen molar-refractivity contribution in [3.8, 4) is 0 Å². The monoisotopic (exact) mass is 320 g/mol. The number of halogens is 3. The Balaban J connectivity index is 2.73. The number of ketones is 1. The summed E-state index contributed by atoms with van der Waals surface area (Å²) in [7, 11) is 0. The third kappa shape index (κ3) is 4.18. The van der Waals surface area contributed by atoms with E-state index in [9.17, 15) is 18.4 Å². The van der Waals surface area contributed by atoms with Crippen molar-refractivity contribution in [2.24, 2.45) is 0 Å². The fourth-order valence-electron chi connectivity index (χ4n) is 1.37. The van der Waals surface area contributed by atoms with Gasteiger partial charge in [-0.05, 0) is 19.1 Å². The van der Waals surface area contributed by atoms with Crippen LogP contribution in [0.3, 0.4) is 0 Å². The van der Waals surface area contributed by atoms with Crippen LogP contribution in [0.2, 0.25) is 0 Å². The highest BCUT2D eigenvalue weighted by molar-refractivity contribution is 9.10. The van der Waals surface area contributed by atoms with Gasteiger partial charge >= 0.3 is 5.97 Å². The molecule has 0 saturated carbocycles. The Morgan fingerprint density at radius 2 is 1.83 bits per heavy atom. The van der Waals surface area contributed by atoms with E-state index in [1.54, 1.807) is 6.92 Å². The van der Waals surface area contributed by atoms with Crippen LogP contribution in [-0.2, 0) is 20.7 Å². The van der Waals surface area contributed by atoms with Crippen LogP contribution >= 0.6 is 15.9 Å². The molecule has 18 heavy (non-hydrogen) atoms. The highest BCUT2D eigenvalue weighted by Gasteiger charge is 2.17. The Morgan fingerprint density at radius 3 is 2.33 bits per heavy atom. The van der Waals surface area contributed by atoms with Gasteiger partial charge in [0.25, 0.3) is 0 Å². The molecule has 0 N–H and O–H groups in total. The maximum absolute atomic E-state index is 13.4. The van der Waals surface area contributed by atoms with Crippen LogP contribution in [0.15, 0.2) is 16.6 Å². The van der Waals surface area contributed by atoms with Gasteiger partial charge in [-0.15, -0.1) is 0 Å². The van der Waals surface area contributed by atoms with Crippen molar-refractivity contribution in [3.63, 3.8) is 0 Å². The van der Waals surface area contributed by atoms with Crippen LogP contribution in [0, 0.1) is 11.6 Å². The zero-order valence-electron chi connectivity index (χ0n) is 9.63. The van der Waals surface area contributed by atoms with Gasteiger partial charge in [-0.3, -0.25) is 9.59 Å². The van der Waals surface area contributed by atoms with Crippen LogP contribution in [0.1, 0.15) is 18.9 Å². The third-order valence-electron chi connectivity index (χ3n) is 2.13. The number of carbonyl (C=O) groups is 2. The summed E-state index contributed by atoms with van der Waals surface area (Å²) in [5.41, 5.74) is -0.340. The number of benzene rings is 1. The van der Waals surface area contributed by atoms with Gasteiger partial charge in [-0.2, -0.15) is 0 Å². The summed E-state index contributed by atoms with van der Waals surface area (Å²) in [5.74, 6) is -2.92. The minimum Gasteiger partial charge on any atom is -0.466 e. The van der Waals surface area contributed by atoms with Gasteiger partial charge in [0, 0.05) is 16.5 Å². The maximum Gasteiger partial charge on any atom is 0.313 e. The number of esters is 1. The van der Waals surface area contributed by atoms with Crippen molar-refractivity contribution in [1.82, 2.24) is 0 Å². The van der Waals surface area contributed by atoms with E-state index >= 15 is 0 Å². The number of carbonyl (C=O) groups excluding carboxylic acids is 2. The second kappa shape index (κ2) is 6.58. The van der Waals surface area contributed by atoms with E-state index in [1.807, 2.05) is 0 Å². The number of rotatable bonds is 5. The molecule has 0 spiro atoms. The molecule has 98 valence electrons. The first-order valence-corrected chi connectivity index (χ1v) is 6.04. The molecule has 0 radical (unpaired) electrons. The Hall–Kier alpha value is -1.30. The predicted molar refractivity (Wildman–Crippen MR) is 64.0 cm³/mol. The van der Waals surface area contributed by atoms with Crippen molar-refractivity contribution >= 4 is 27.7 Å². The molecule has 0 aliphatic heterocycles. The summed E-state index contributed by atoms with van der Waals surface area (Å²) in [5, 5.41) is 0. The first-order valence-electron chi connectivity index (χ1n) is 5.24. The second-order valence-electron chi connectivity index (χ2n) is 3.55. The smallest absolute Gasteiger partial charge is 0.313 e. The van der Waals surface area contributed by atoms with Gasteiger partial charge in [0.05, 0.1) is 6.61 Å². The molecule has 0 aliphatic carbocycles. The number of hydrogen-bond donors (Lipinski definition) is 0. The first kappa shape index (κ1) is 14.8. The van der Waals surface area contributed by atoms with E-state index in [2.05, 4.69) is 20.7 Å². The average Bonchev–Trinajstić information content (AvgIpc) is 2.23. The molecule has 0 aromatic heterocycles. The van der Waals surface area contributed by atoms with Crippen molar-refractivity contribution in [3.05, 3.63) is 33.8 Å². The summed E-state index contributed by atoms with van der Waals surface area (Å²) in [4.78, 5) is 22.5. The fraction of sp³-hybridized carbons (Fsp3) is 0.333. The van der Waals surface area contributed by atoms with Crippen LogP contribution < -0.4 is 0 Å². The van der Waals surface area contributed by atoms with Crippen molar-refractivity contribution in [2.75, 3.05) is 6.61 Å². The van der Waals surface area contributed by atoms with E-state index in [1.165, 1.54) is 0 Å². The lowest BCUT2D eigenvalue weighted by Gasteiger charge is -2.05. The SMILES string of the molecule is CCOC(=O)CC(=O)Cc1c(F)cc(Br)cc1F. The van der Waals surface area contributed by atoms with Crippen LogP contribution in [0.5, 0.6) is 0 Å². The zero-order chi connectivity index (χ0) is 13.7. The quantitative estimate of drug-likeness (QED) is 0.619.